The lowest BCUT2D eigenvalue weighted by atomic mass is 9.88. The molecule has 1 N–H and O–H groups in total. The van der Waals surface area contributed by atoms with Crippen molar-refractivity contribution in [3.05, 3.63) is 0 Å². The minimum absolute atomic E-state index is 0.130. The number of hydrogen-bond donors (Lipinski definition) is 1. The monoisotopic (exact) mass is 283 g/mol. The highest BCUT2D eigenvalue weighted by atomic mass is 35.5. The number of nitrogens with one attached hydrogen (secondary N) is 1. The molecule has 3 unspecified atom stereocenters. The summed E-state index contributed by atoms with van der Waals surface area (Å²) in [6.45, 7) is 4.31. The second-order valence-corrected chi connectivity index (χ2v) is 6.63. The average molecular weight is 284 g/mol. The van der Waals surface area contributed by atoms with Gasteiger partial charge < -0.3 is 0 Å². The Labute approximate surface area is 112 Å². The molecule has 1 amide bonds. The normalized spacial score (nSPS) is 31.5. The lowest BCUT2D eigenvalue weighted by molar-refractivity contribution is -0.121. The van der Waals surface area contributed by atoms with Crippen molar-refractivity contribution in [3.8, 4) is 0 Å². The Morgan fingerprint density at radius 1 is 1.56 bits per heavy atom. The average Bonchev–Trinajstić information content (AvgIpc) is 2.52. The second kappa shape index (κ2) is 6.36. The summed E-state index contributed by atoms with van der Waals surface area (Å²) in [6.07, 6.45) is 5.22. The predicted octanol–water partition coefficient (Wildman–Crippen LogP) is 3.91. The second-order valence-electron chi connectivity index (χ2n) is 4.35. The molecule has 0 spiro atoms. The lowest BCUT2D eigenvalue weighted by Crippen LogP contribution is -2.39. The van der Waals surface area contributed by atoms with E-state index in [4.69, 9.17) is 23.2 Å². The number of carbonyl (C=O) groups is 1. The minimum Gasteiger partial charge on any atom is -0.297 e. The first kappa shape index (κ1) is 14.5. The fourth-order valence-corrected chi connectivity index (χ4v) is 3.49. The van der Waals surface area contributed by atoms with E-state index in [1.807, 2.05) is 0 Å². The van der Waals surface area contributed by atoms with Gasteiger partial charge in [0.05, 0.1) is 0 Å². The molecule has 1 aliphatic rings. The molecule has 0 aromatic rings. The van der Waals surface area contributed by atoms with Crippen molar-refractivity contribution in [1.82, 2.24) is 4.72 Å². The van der Waals surface area contributed by atoms with E-state index < -0.39 is 4.87 Å². The van der Waals surface area contributed by atoms with Gasteiger partial charge in [0.25, 0.3) is 5.91 Å². The maximum absolute atomic E-state index is 11.7. The number of hydrogen-bond acceptors (Lipinski definition) is 2. The van der Waals surface area contributed by atoms with Crippen LogP contribution in [0.2, 0.25) is 0 Å². The SMILES string of the molecule is CCCCC(CC)CC1(Cl)C(=O)NSC1Cl. The summed E-state index contributed by atoms with van der Waals surface area (Å²) in [5, 5.41) is 0. The predicted molar refractivity (Wildman–Crippen MR) is 71.9 cm³/mol. The van der Waals surface area contributed by atoms with Crippen LogP contribution in [-0.4, -0.2) is 15.5 Å². The van der Waals surface area contributed by atoms with E-state index in [0.29, 0.717) is 12.3 Å². The molecule has 2 nitrogen and oxygen atoms in total. The Morgan fingerprint density at radius 2 is 2.25 bits per heavy atom. The molecule has 94 valence electrons. The highest BCUT2D eigenvalue weighted by molar-refractivity contribution is 8.00. The summed E-state index contributed by atoms with van der Waals surface area (Å²) >= 11 is 13.7. The van der Waals surface area contributed by atoms with Crippen LogP contribution in [0.25, 0.3) is 0 Å². The third kappa shape index (κ3) is 3.21. The maximum atomic E-state index is 11.7. The van der Waals surface area contributed by atoms with Gasteiger partial charge in [0.1, 0.15) is 4.71 Å². The molecular weight excluding hydrogens is 265 g/mol. The smallest absolute Gasteiger partial charge is 0.253 e. The van der Waals surface area contributed by atoms with Crippen LogP contribution in [0.3, 0.4) is 0 Å². The molecular formula is C11H19Cl2NOS. The molecule has 0 aromatic carbocycles. The van der Waals surface area contributed by atoms with Crippen LogP contribution in [0, 0.1) is 5.92 Å². The molecule has 1 saturated heterocycles. The minimum atomic E-state index is -0.916. The van der Waals surface area contributed by atoms with Crippen LogP contribution in [0.4, 0.5) is 0 Å². The summed E-state index contributed by atoms with van der Waals surface area (Å²) in [5.74, 6) is 0.359. The molecule has 1 aliphatic heterocycles. The van der Waals surface area contributed by atoms with E-state index in [9.17, 15) is 4.79 Å². The van der Waals surface area contributed by atoms with Gasteiger partial charge in [-0.15, -0.1) is 23.2 Å². The number of halogens is 2. The summed E-state index contributed by atoms with van der Waals surface area (Å²) in [7, 11) is 0. The molecule has 1 heterocycles. The van der Waals surface area contributed by atoms with Crippen LogP contribution >= 0.6 is 35.1 Å². The summed E-state index contributed by atoms with van der Waals surface area (Å²) in [6, 6.07) is 0. The molecule has 1 rings (SSSR count). The van der Waals surface area contributed by atoms with Gasteiger partial charge in [-0.2, -0.15) is 0 Å². The molecule has 3 atom stereocenters. The molecule has 16 heavy (non-hydrogen) atoms. The van der Waals surface area contributed by atoms with Crippen LogP contribution in [0.15, 0.2) is 0 Å². The highest BCUT2D eigenvalue weighted by Gasteiger charge is 2.50. The zero-order valence-electron chi connectivity index (χ0n) is 9.76. The molecule has 5 heteroatoms. The van der Waals surface area contributed by atoms with E-state index in [2.05, 4.69) is 18.6 Å². The third-order valence-corrected chi connectivity index (χ3v) is 5.46. The van der Waals surface area contributed by atoms with Crippen molar-refractivity contribution in [2.75, 3.05) is 0 Å². The van der Waals surface area contributed by atoms with Crippen molar-refractivity contribution in [2.24, 2.45) is 5.92 Å². The standard InChI is InChI=1S/C11H19Cl2NOS/c1-3-5-6-8(4-2)7-11(13)9(12)16-14-10(11)15/h8-9H,3-7H2,1-2H3,(H,14,15). The summed E-state index contributed by atoms with van der Waals surface area (Å²) in [5.41, 5.74) is 0. The lowest BCUT2D eigenvalue weighted by Gasteiger charge is -2.25. The van der Waals surface area contributed by atoms with Crippen LogP contribution in [0.1, 0.15) is 46.0 Å². The van der Waals surface area contributed by atoms with Gasteiger partial charge in [0.2, 0.25) is 0 Å². The zero-order chi connectivity index (χ0) is 12.2. The summed E-state index contributed by atoms with van der Waals surface area (Å²) < 4.78 is 2.30. The Hall–Kier alpha value is 0.400. The maximum Gasteiger partial charge on any atom is 0.253 e. The van der Waals surface area contributed by atoms with E-state index in [-0.39, 0.29) is 10.6 Å². The van der Waals surface area contributed by atoms with Gasteiger partial charge in [-0.3, -0.25) is 9.52 Å². The van der Waals surface area contributed by atoms with Crippen molar-refractivity contribution in [1.29, 1.82) is 0 Å². The van der Waals surface area contributed by atoms with Crippen LogP contribution < -0.4 is 4.72 Å². The summed E-state index contributed by atoms with van der Waals surface area (Å²) in [4.78, 5) is 10.8. The van der Waals surface area contributed by atoms with Crippen molar-refractivity contribution in [3.63, 3.8) is 0 Å². The van der Waals surface area contributed by atoms with Gasteiger partial charge in [-0.25, -0.2) is 0 Å². The van der Waals surface area contributed by atoms with Gasteiger partial charge in [-0.1, -0.05) is 39.5 Å². The Morgan fingerprint density at radius 3 is 2.69 bits per heavy atom. The van der Waals surface area contributed by atoms with Crippen LogP contribution in [-0.2, 0) is 4.79 Å². The molecule has 0 radical (unpaired) electrons. The Bertz CT molecular complexity index is 252. The first-order valence-electron chi connectivity index (χ1n) is 5.83. The van der Waals surface area contributed by atoms with Gasteiger partial charge in [-0.05, 0) is 24.3 Å². The van der Waals surface area contributed by atoms with E-state index in [1.54, 1.807) is 0 Å². The molecule has 1 fully saturated rings. The number of rotatable bonds is 6. The number of alkyl halides is 2. The Balaban J connectivity index is 2.58. The van der Waals surface area contributed by atoms with E-state index >= 15 is 0 Å². The van der Waals surface area contributed by atoms with Gasteiger partial charge >= 0.3 is 0 Å². The van der Waals surface area contributed by atoms with E-state index in [0.717, 1.165) is 12.8 Å². The quantitative estimate of drug-likeness (QED) is 0.592. The van der Waals surface area contributed by atoms with Crippen LogP contribution in [0.5, 0.6) is 0 Å². The van der Waals surface area contributed by atoms with E-state index in [1.165, 1.54) is 24.8 Å². The first-order chi connectivity index (χ1) is 7.54. The van der Waals surface area contributed by atoms with Crippen molar-refractivity contribution >= 4 is 41.1 Å². The number of amides is 1. The number of carbonyl (C=O) groups excluding carboxylic acids is 1. The van der Waals surface area contributed by atoms with Gasteiger partial charge in [0.15, 0.2) is 4.87 Å². The fraction of sp³-hybridized carbons (Fsp3) is 0.909. The largest absolute Gasteiger partial charge is 0.297 e. The van der Waals surface area contributed by atoms with Crippen molar-refractivity contribution in [2.45, 2.75) is 55.5 Å². The van der Waals surface area contributed by atoms with Crippen molar-refractivity contribution < 1.29 is 4.79 Å². The van der Waals surface area contributed by atoms with Gasteiger partial charge in [0, 0.05) is 0 Å². The zero-order valence-corrected chi connectivity index (χ0v) is 12.1. The molecule has 0 aromatic heterocycles. The third-order valence-electron chi connectivity index (χ3n) is 3.12. The molecule has 0 aliphatic carbocycles. The Kier molecular flexibility index (Phi) is 5.75. The number of unbranched alkanes of at least 4 members (excludes halogenated alkanes) is 1. The topological polar surface area (TPSA) is 29.1 Å². The first-order valence-corrected chi connectivity index (χ1v) is 7.53. The molecule has 0 bridgehead atoms. The highest BCUT2D eigenvalue weighted by Crippen LogP contribution is 2.43. The molecule has 0 saturated carbocycles. The fourth-order valence-electron chi connectivity index (χ4n) is 1.94.